The minimum Gasteiger partial charge on any atom is -0.293 e. The summed E-state index contributed by atoms with van der Waals surface area (Å²) in [7, 11) is 5.83. The molecule has 1 heterocycles. The Morgan fingerprint density at radius 2 is 2.04 bits per heavy atom. The van der Waals surface area contributed by atoms with Gasteiger partial charge in [0.15, 0.2) is 5.82 Å². The van der Waals surface area contributed by atoms with E-state index in [9.17, 15) is 18.8 Å². The number of hydrogen-bond donors (Lipinski definition) is 1. The van der Waals surface area contributed by atoms with Crippen LogP contribution in [0.15, 0.2) is 30.6 Å². The Bertz CT molecular complexity index is 891. The number of nitrogens with zero attached hydrogens (tertiary/aromatic N) is 3. The van der Waals surface area contributed by atoms with Gasteiger partial charge in [-0.2, -0.15) is 0 Å². The van der Waals surface area contributed by atoms with E-state index < -0.39 is 24.2 Å². The lowest BCUT2D eigenvalue weighted by Crippen LogP contribution is -2.37. The van der Waals surface area contributed by atoms with E-state index in [1.54, 1.807) is 18.2 Å². The summed E-state index contributed by atoms with van der Waals surface area (Å²) in [6, 6.07) is 4.88. The SMILES string of the molecule is [B]c1ccc(C(=O)N(C=O)CC(=O)Nc2ncc(F)cn2)c([C@@H]2C[C@H]2C)c1. The van der Waals surface area contributed by atoms with E-state index in [-0.39, 0.29) is 11.9 Å². The van der Waals surface area contributed by atoms with Gasteiger partial charge in [-0.3, -0.25) is 24.6 Å². The van der Waals surface area contributed by atoms with Gasteiger partial charge in [-0.15, -0.1) is 0 Å². The Balaban J connectivity index is 1.73. The van der Waals surface area contributed by atoms with Gasteiger partial charge in [0.05, 0.1) is 12.4 Å². The van der Waals surface area contributed by atoms with Gasteiger partial charge in [0.25, 0.3) is 5.91 Å². The number of imide groups is 1. The normalized spacial score (nSPS) is 17.9. The van der Waals surface area contributed by atoms with Gasteiger partial charge in [-0.25, -0.2) is 14.4 Å². The van der Waals surface area contributed by atoms with Crippen LogP contribution in [0.1, 0.15) is 35.2 Å². The molecular formula is C18H16BFN4O3. The minimum absolute atomic E-state index is 0.125. The first-order chi connectivity index (χ1) is 12.9. The summed E-state index contributed by atoms with van der Waals surface area (Å²) in [5.41, 5.74) is 1.66. The average molecular weight is 366 g/mol. The highest BCUT2D eigenvalue weighted by molar-refractivity contribution is 6.32. The predicted octanol–water partition coefficient (Wildman–Crippen LogP) is 0.770. The van der Waals surface area contributed by atoms with Crippen molar-refractivity contribution in [2.45, 2.75) is 19.3 Å². The largest absolute Gasteiger partial charge is 0.293 e. The molecule has 1 saturated carbocycles. The fourth-order valence-electron chi connectivity index (χ4n) is 2.85. The monoisotopic (exact) mass is 366 g/mol. The standard InChI is InChI=1S/C18H16BFN4O3/c1-10-4-14(10)15-5-11(19)2-3-13(15)17(27)24(9-25)8-16(26)23-18-21-6-12(20)7-22-18/h2-3,5-7,9-10,14H,4,8H2,1H3,(H,21,22,23,26)/t10-,14-/m1/s1. The van der Waals surface area contributed by atoms with Crippen molar-refractivity contribution in [2.75, 3.05) is 11.9 Å². The summed E-state index contributed by atoms with van der Waals surface area (Å²) in [6.07, 6.45) is 3.02. The van der Waals surface area contributed by atoms with Gasteiger partial charge >= 0.3 is 0 Å². The summed E-state index contributed by atoms with van der Waals surface area (Å²) >= 11 is 0. The Morgan fingerprint density at radius 1 is 1.37 bits per heavy atom. The van der Waals surface area contributed by atoms with Crippen LogP contribution < -0.4 is 10.8 Å². The summed E-state index contributed by atoms with van der Waals surface area (Å²) in [4.78, 5) is 44.2. The van der Waals surface area contributed by atoms with E-state index in [1.807, 2.05) is 0 Å². The van der Waals surface area contributed by atoms with Crippen molar-refractivity contribution < 1.29 is 18.8 Å². The van der Waals surface area contributed by atoms with Crippen LogP contribution in [0.5, 0.6) is 0 Å². The van der Waals surface area contributed by atoms with E-state index in [0.717, 1.165) is 29.3 Å². The van der Waals surface area contributed by atoms with Gasteiger partial charge in [0, 0.05) is 5.56 Å². The van der Waals surface area contributed by atoms with Crippen molar-refractivity contribution in [3.63, 3.8) is 0 Å². The first-order valence-corrected chi connectivity index (χ1v) is 8.32. The van der Waals surface area contributed by atoms with Crippen LogP contribution in [0.3, 0.4) is 0 Å². The maximum absolute atomic E-state index is 12.8. The molecule has 0 spiro atoms. The third-order valence-corrected chi connectivity index (χ3v) is 4.39. The molecule has 2 atom stereocenters. The fraction of sp³-hybridized carbons (Fsp3) is 0.278. The highest BCUT2D eigenvalue weighted by Gasteiger charge is 2.37. The van der Waals surface area contributed by atoms with Crippen LogP contribution in [-0.2, 0) is 9.59 Å². The predicted molar refractivity (Wildman–Crippen MR) is 96.1 cm³/mol. The quantitative estimate of drug-likeness (QED) is 0.602. The lowest BCUT2D eigenvalue weighted by Gasteiger charge is -2.17. The average Bonchev–Trinajstić information content (AvgIpc) is 3.37. The Morgan fingerprint density at radius 3 is 2.63 bits per heavy atom. The van der Waals surface area contributed by atoms with Gasteiger partial charge in [-0.05, 0) is 29.9 Å². The summed E-state index contributed by atoms with van der Waals surface area (Å²) in [5, 5.41) is 2.31. The van der Waals surface area contributed by atoms with Crippen molar-refractivity contribution in [2.24, 2.45) is 5.92 Å². The molecular weight excluding hydrogens is 350 g/mol. The van der Waals surface area contributed by atoms with Crippen LogP contribution in [0.25, 0.3) is 0 Å². The highest BCUT2D eigenvalue weighted by atomic mass is 19.1. The molecule has 1 aromatic heterocycles. The smallest absolute Gasteiger partial charge is 0.261 e. The van der Waals surface area contributed by atoms with Crippen LogP contribution in [-0.4, -0.2) is 47.5 Å². The lowest BCUT2D eigenvalue weighted by atomic mass is 9.89. The van der Waals surface area contributed by atoms with E-state index >= 15 is 0 Å². The summed E-state index contributed by atoms with van der Waals surface area (Å²) in [6.45, 7) is 1.54. The number of anilines is 1. The number of nitrogens with one attached hydrogen (secondary N) is 1. The van der Waals surface area contributed by atoms with Gasteiger partial charge in [0.1, 0.15) is 14.4 Å². The molecule has 7 nitrogen and oxygen atoms in total. The highest BCUT2D eigenvalue weighted by Crippen LogP contribution is 2.47. The maximum atomic E-state index is 12.8. The molecule has 0 aliphatic heterocycles. The number of hydrogen-bond acceptors (Lipinski definition) is 5. The van der Waals surface area contributed by atoms with Crippen molar-refractivity contribution in [3.8, 4) is 0 Å². The van der Waals surface area contributed by atoms with E-state index in [0.29, 0.717) is 23.4 Å². The number of carbonyl (C=O) groups is 3. The van der Waals surface area contributed by atoms with Crippen molar-refractivity contribution >= 4 is 37.5 Å². The van der Waals surface area contributed by atoms with Crippen LogP contribution in [0.2, 0.25) is 0 Å². The van der Waals surface area contributed by atoms with E-state index in [2.05, 4.69) is 22.2 Å². The molecule has 2 aromatic rings. The lowest BCUT2D eigenvalue weighted by molar-refractivity contribution is -0.123. The molecule has 27 heavy (non-hydrogen) atoms. The molecule has 136 valence electrons. The topological polar surface area (TPSA) is 92.3 Å². The molecule has 1 aliphatic carbocycles. The van der Waals surface area contributed by atoms with Gasteiger partial charge in [-0.1, -0.05) is 24.5 Å². The molecule has 1 fully saturated rings. The number of carbonyl (C=O) groups excluding carboxylic acids is 3. The summed E-state index contributed by atoms with van der Waals surface area (Å²) in [5.74, 6) is -1.40. The second-order valence-electron chi connectivity index (χ2n) is 6.48. The zero-order chi connectivity index (χ0) is 19.6. The third-order valence-electron chi connectivity index (χ3n) is 4.39. The molecule has 9 heteroatoms. The maximum Gasteiger partial charge on any atom is 0.261 e. The number of rotatable bonds is 6. The molecule has 1 aliphatic rings. The second kappa shape index (κ2) is 7.65. The first-order valence-electron chi connectivity index (χ1n) is 8.32. The second-order valence-corrected chi connectivity index (χ2v) is 6.48. The molecule has 0 bridgehead atoms. The van der Waals surface area contributed by atoms with Crippen molar-refractivity contribution in [3.05, 3.63) is 47.5 Å². The number of benzene rings is 1. The van der Waals surface area contributed by atoms with Gasteiger partial charge < -0.3 is 0 Å². The Hall–Kier alpha value is -3.10. The van der Waals surface area contributed by atoms with Crippen LogP contribution >= 0.6 is 0 Å². The van der Waals surface area contributed by atoms with E-state index in [4.69, 9.17) is 7.85 Å². The van der Waals surface area contributed by atoms with Crippen molar-refractivity contribution in [1.29, 1.82) is 0 Å². The molecule has 3 amide bonds. The fourth-order valence-corrected chi connectivity index (χ4v) is 2.85. The molecule has 1 aromatic carbocycles. The van der Waals surface area contributed by atoms with Crippen LogP contribution in [0, 0.1) is 11.7 Å². The third kappa shape index (κ3) is 4.36. The minimum atomic E-state index is -0.682. The van der Waals surface area contributed by atoms with Crippen molar-refractivity contribution in [1.82, 2.24) is 14.9 Å². The molecule has 3 rings (SSSR count). The molecule has 0 saturated heterocycles. The molecule has 0 unspecified atom stereocenters. The van der Waals surface area contributed by atoms with Crippen LogP contribution in [0.4, 0.5) is 10.3 Å². The molecule has 1 N–H and O–H groups in total. The van der Waals surface area contributed by atoms with Gasteiger partial charge in [0.2, 0.25) is 18.3 Å². The Labute approximate surface area is 156 Å². The zero-order valence-corrected chi connectivity index (χ0v) is 14.6. The number of aromatic nitrogens is 2. The number of halogens is 1. The first kappa shape index (κ1) is 18.7. The Kier molecular flexibility index (Phi) is 5.29. The zero-order valence-electron chi connectivity index (χ0n) is 14.6. The molecule has 2 radical (unpaired) electrons. The summed E-state index contributed by atoms with van der Waals surface area (Å²) < 4.78 is 12.8. The number of amides is 3. The van der Waals surface area contributed by atoms with E-state index in [1.165, 1.54) is 0 Å².